The number of benzene rings is 2. The molecule has 2 heterocycles. The number of hydrogen-bond acceptors (Lipinski definition) is 4. The molecule has 5 nitrogen and oxygen atoms in total. The Labute approximate surface area is 157 Å². The molecule has 0 spiro atoms. The van der Waals surface area contributed by atoms with Gasteiger partial charge in [0.25, 0.3) is 5.91 Å². The van der Waals surface area contributed by atoms with Crippen LogP contribution in [0.1, 0.15) is 28.0 Å². The van der Waals surface area contributed by atoms with Crippen LogP contribution in [0.4, 0.5) is 17.1 Å². The van der Waals surface area contributed by atoms with Crippen molar-refractivity contribution in [3.05, 3.63) is 83.7 Å². The van der Waals surface area contributed by atoms with Crippen molar-refractivity contribution < 1.29 is 4.79 Å². The van der Waals surface area contributed by atoms with Crippen molar-refractivity contribution in [3.8, 4) is 6.07 Å². The number of nitrogens with one attached hydrogen (secondary N) is 1. The molecule has 0 atom stereocenters. The van der Waals surface area contributed by atoms with E-state index < -0.39 is 0 Å². The number of fused-ring (bicyclic) bond motifs is 1. The number of pyridine rings is 1. The van der Waals surface area contributed by atoms with Gasteiger partial charge < -0.3 is 10.2 Å². The second kappa shape index (κ2) is 7.30. The van der Waals surface area contributed by atoms with Gasteiger partial charge in [-0.15, -0.1) is 0 Å². The number of carbonyl (C=O) groups is 1. The average Bonchev–Trinajstić information content (AvgIpc) is 2.74. The van der Waals surface area contributed by atoms with Gasteiger partial charge in [0, 0.05) is 12.2 Å². The maximum absolute atomic E-state index is 12.5. The van der Waals surface area contributed by atoms with Crippen LogP contribution in [0.2, 0.25) is 0 Å². The number of anilines is 3. The summed E-state index contributed by atoms with van der Waals surface area (Å²) in [7, 11) is 0. The minimum absolute atomic E-state index is 0.316. The molecule has 0 radical (unpaired) electrons. The summed E-state index contributed by atoms with van der Waals surface area (Å²) in [6, 6.07) is 21.0. The Kier molecular flexibility index (Phi) is 4.54. The van der Waals surface area contributed by atoms with E-state index in [9.17, 15) is 4.79 Å². The number of nitrogens with zero attached hydrogens (tertiary/aromatic N) is 3. The fourth-order valence-corrected chi connectivity index (χ4v) is 3.36. The topological polar surface area (TPSA) is 69.0 Å². The van der Waals surface area contributed by atoms with E-state index in [0.29, 0.717) is 16.9 Å². The van der Waals surface area contributed by atoms with Gasteiger partial charge in [0.2, 0.25) is 0 Å². The summed E-state index contributed by atoms with van der Waals surface area (Å²) in [4.78, 5) is 19.0. The Morgan fingerprint density at radius 2 is 1.89 bits per heavy atom. The summed E-state index contributed by atoms with van der Waals surface area (Å²) in [6.45, 7) is 0.930. The Morgan fingerprint density at radius 1 is 1.07 bits per heavy atom. The SMILES string of the molecule is N#Cc1ccccc1NC(=O)c1ccc(N2CCCc3ccccc32)cn1. The lowest BCUT2D eigenvalue weighted by atomic mass is 10.0. The zero-order valence-corrected chi connectivity index (χ0v) is 14.7. The highest BCUT2D eigenvalue weighted by atomic mass is 16.1. The molecule has 1 aliphatic rings. The van der Waals surface area contributed by atoms with Gasteiger partial charge in [-0.3, -0.25) is 4.79 Å². The Hall–Kier alpha value is -3.65. The average molecular weight is 354 g/mol. The van der Waals surface area contributed by atoms with Gasteiger partial charge in [0.15, 0.2) is 0 Å². The van der Waals surface area contributed by atoms with Gasteiger partial charge in [0.05, 0.1) is 23.1 Å². The molecule has 132 valence electrons. The highest BCUT2D eigenvalue weighted by molar-refractivity contribution is 6.03. The zero-order valence-electron chi connectivity index (χ0n) is 14.7. The molecular weight excluding hydrogens is 336 g/mol. The fraction of sp³-hybridized carbons (Fsp3) is 0.136. The van der Waals surface area contributed by atoms with Crippen LogP contribution in [0.3, 0.4) is 0 Å². The lowest BCUT2D eigenvalue weighted by molar-refractivity contribution is 0.102. The first-order valence-electron chi connectivity index (χ1n) is 8.88. The molecule has 0 saturated carbocycles. The van der Waals surface area contributed by atoms with E-state index in [1.54, 1.807) is 36.5 Å². The third-order valence-corrected chi connectivity index (χ3v) is 4.70. The maximum atomic E-state index is 12.5. The van der Waals surface area contributed by atoms with Crippen molar-refractivity contribution in [2.24, 2.45) is 0 Å². The summed E-state index contributed by atoms with van der Waals surface area (Å²) >= 11 is 0. The highest BCUT2D eigenvalue weighted by Crippen LogP contribution is 2.32. The van der Waals surface area contributed by atoms with E-state index in [1.165, 1.54) is 11.3 Å². The molecule has 0 bridgehead atoms. The number of rotatable bonds is 3. The third kappa shape index (κ3) is 3.38. The third-order valence-electron chi connectivity index (χ3n) is 4.70. The standard InChI is InChI=1S/C22H18N4O/c23-14-17-7-1-3-9-19(17)25-22(27)20-12-11-18(15-24-20)26-13-5-8-16-6-2-4-10-21(16)26/h1-4,6-7,9-12,15H,5,8,13H2,(H,25,27). The van der Waals surface area contributed by atoms with Gasteiger partial charge >= 0.3 is 0 Å². The Bertz CT molecular complexity index is 1020. The summed E-state index contributed by atoms with van der Waals surface area (Å²) in [5.41, 5.74) is 4.73. The van der Waals surface area contributed by atoms with Crippen LogP contribution in [-0.4, -0.2) is 17.4 Å². The van der Waals surface area contributed by atoms with Crippen LogP contribution in [0, 0.1) is 11.3 Å². The molecule has 0 saturated heterocycles. The predicted octanol–water partition coefficient (Wildman–Crippen LogP) is 4.29. The van der Waals surface area contributed by atoms with Crippen LogP contribution in [0.25, 0.3) is 0 Å². The van der Waals surface area contributed by atoms with Crippen LogP contribution in [0.5, 0.6) is 0 Å². The molecule has 27 heavy (non-hydrogen) atoms. The first kappa shape index (κ1) is 16.8. The molecule has 4 rings (SSSR count). The van der Waals surface area contributed by atoms with E-state index in [4.69, 9.17) is 5.26 Å². The van der Waals surface area contributed by atoms with Gasteiger partial charge in [-0.1, -0.05) is 30.3 Å². The van der Waals surface area contributed by atoms with Crippen LogP contribution >= 0.6 is 0 Å². The van der Waals surface area contributed by atoms with Crippen molar-refractivity contribution in [3.63, 3.8) is 0 Å². The van der Waals surface area contributed by atoms with Crippen molar-refractivity contribution in [1.82, 2.24) is 4.98 Å². The second-order valence-electron chi connectivity index (χ2n) is 6.40. The number of amides is 1. The molecule has 0 aliphatic carbocycles. The van der Waals surface area contributed by atoms with Crippen molar-refractivity contribution in [2.45, 2.75) is 12.8 Å². The maximum Gasteiger partial charge on any atom is 0.274 e. The number of nitriles is 1. The van der Waals surface area contributed by atoms with E-state index >= 15 is 0 Å². The number of para-hydroxylation sites is 2. The normalized spacial score (nSPS) is 12.8. The summed E-state index contributed by atoms with van der Waals surface area (Å²) in [6.07, 6.45) is 3.90. The molecule has 2 aromatic carbocycles. The van der Waals surface area contributed by atoms with Gasteiger partial charge in [-0.25, -0.2) is 4.98 Å². The molecule has 1 amide bonds. The largest absolute Gasteiger partial charge is 0.340 e. The van der Waals surface area contributed by atoms with Crippen LogP contribution in [-0.2, 0) is 6.42 Å². The van der Waals surface area contributed by atoms with E-state index in [1.807, 2.05) is 12.1 Å². The van der Waals surface area contributed by atoms with Crippen molar-refractivity contribution in [1.29, 1.82) is 5.26 Å². The molecule has 1 N–H and O–H groups in total. The van der Waals surface area contributed by atoms with Gasteiger partial charge in [0.1, 0.15) is 11.8 Å². The van der Waals surface area contributed by atoms with Crippen LogP contribution in [0.15, 0.2) is 66.9 Å². The van der Waals surface area contributed by atoms with E-state index in [0.717, 1.165) is 25.1 Å². The molecule has 0 fully saturated rings. The fourth-order valence-electron chi connectivity index (χ4n) is 3.36. The van der Waals surface area contributed by atoms with E-state index in [-0.39, 0.29) is 5.91 Å². The molecule has 5 heteroatoms. The first-order chi connectivity index (χ1) is 13.3. The number of carbonyl (C=O) groups excluding carboxylic acids is 1. The molecule has 1 aromatic heterocycles. The van der Waals surface area contributed by atoms with E-state index in [2.05, 4.69) is 39.5 Å². The lowest BCUT2D eigenvalue weighted by Crippen LogP contribution is -2.24. The van der Waals surface area contributed by atoms with Gasteiger partial charge in [-0.05, 0) is 48.7 Å². The molecule has 1 aliphatic heterocycles. The summed E-state index contributed by atoms with van der Waals surface area (Å²) < 4.78 is 0. The molecular formula is C22H18N4O. The number of aryl methyl sites for hydroxylation is 1. The first-order valence-corrected chi connectivity index (χ1v) is 8.88. The number of hydrogen-bond donors (Lipinski definition) is 1. The lowest BCUT2D eigenvalue weighted by Gasteiger charge is -2.31. The Morgan fingerprint density at radius 3 is 2.70 bits per heavy atom. The highest BCUT2D eigenvalue weighted by Gasteiger charge is 2.18. The molecule has 0 unspecified atom stereocenters. The zero-order chi connectivity index (χ0) is 18.6. The second-order valence-corrected chi connectivity index (χ2v) is 6.40. The smallest absolute Gasteiger partial charge is 0.274 e. The quantitative estimate of drug-likeness (QED) is 0.762. The Balaban J connectivity index is 1.55. The summed E-state index contributed by atoms with van der Waals surface area (Å²) in [5, 5.41) is 11.9. The predicted molar refractivity (Wildman–Crippen MR) is 105 cm³/mol. The minimum Gasteiger partial charge on any atom is -0.340 e. The van der Waals surface area contributed by atoms with Crippen LogP contribution < -0.4 is 10.2 Å². The number of aromatic nitrogens is 1. The summed E-state index contributed by atoms with van der Waals surface area (Å²) in [5.74, 6) is -0.330. The minimum atomic E-state index is -0.330. The van der Waals surface area contributed by atoms with Crippen molar-refractivity contribution in [2.75, 3.05) is 16.8 Å². The monoisotopic (exact) mass is 354 g/mol. The van der Waals surface area contributed by atoms with Gasteiger partial charge in [-0.2, -0.15) is 5.26 Å². The molecule has 3 aromatic rings. The van der Waals surface area contributed by atoms with Crippen molar-refractivity contribution >= 4 is 23.0 Å².